The van der Waals surface area contributed by atoms with Crippen LogP contribution in [0.25, 0.3) is 82.3 Å². The molecule has 3 aromatic heterocycles. The average Bonchev–Trinajstić information content (AvgIpc) is 3.86. The van der Waals surface area contributed by atoms with Crippen LogP contribution in [0.2, 0.25) is 0 Å². The van der Waals surface area contributed by atoms with Crippen LogP contribution in [0, 0.1) is 0 Å². The lowest BCUT2D eigenvalue weighted by molar-refractivity contribution is 0.669. The number of fused-ring (bicyclic) bond motifs is 9. The quantitative estimate of drug-likeness (QED) is 0.185. The molecule has 0 saturated carbocycles. The van der Waals surface area contributed by atoms with E-state index in [4.69, 9.17) is 4.42 Å². The maximum absolute atomic E-state index is 6.32. The minimum absolute atomic E-state index is 0.883. The highest BCUT2D eigenvalue weighted by molar-refractivity contribution is 6.26. The van der Waals surface area contributed by atoms with Gasteiger partial charge in [0.25, 0.3) is 0 Å². The van der Waals surface area contributed by atoms with Crippen molar-refractivity contribution in [1.29, 1.82) is 0 Å². The van der Waals surface area contributed by atoms with Gasteiger partial charge in [-0.05, 0) is 82.9 Å². The molecule has 51 heavy (non-hydrogen) atoms. The molecule has 0 atom stereocenters. The highest BCUT2D eigenvalue weighted by Gasteiger charge is 2.24. The van der Waals surface area contributed by atoms with Gasteiger partial charge in [0, 0.05) is 43.7 Å². The summed E-state index contributed by atoms with van der Waals surface area (Å²) in [4.78, 5) is 2.45. The zero-order valence-corrected chi connectivity index (χ0v) is 27.6. The Morgan fingerprint density at radius 2 is 0.980 bits per heavy atom. The van der Waals surface area contributed by atoms with Crippen molar-refractivity contribution in [2.75, 3.05) is 4.90 Å². The monoisotopic (exact) mass is 650 g/mol. The van der Waals surface area contributed by atoms with E-state index in [1.165, 1.54) is 60.3 Å². The van der Waals surface area contributed by atoms with Crippen LogP contribution >= 0.6 is 0 Å². The van der Waals surface area contributed by atoms with Crippen LogP contribution in [-0.2, 0) is 0 Å². The SMILES string of the molecule is c1ccc(-c2cc(-c3ccccc3)cc(N(c3ccc4oc5ccccc5c4c3)c3cccc4c3c3cccc5c6ccccc6n4c53)c2)cc1. The first-order valence-corrected chi connectivity index (χ1v) is 17.4. The second-order valence-electron chi connectivity index (χ2n) is 13.3. The minimum Gasteiger partial charge on any atom is -0.456 e. The molecule has 11 rings (SSSR count). The smallest absolute Gasteiger partial charge is 0.135 e. The summed E-state index contributed by atoms with van der Waals surface area (Å²) in [6.07, 6.45) is 0. The van der Waals surface area contributed by atoms with Gasteiger partial charge < -0.3 is 13.7 Å². The maximum Gasteiger partial charge on any atom is 0.135 e. The molecule has 0 aliphatic rings. The van der Waals surface area contributed by atoms with Crippen molar-refractivity contribution in [2.24, 2.45) is 0 Å². The Morgan fingerprint density at radius 1 is 0.373 bits per heavy atom. The molecule has 0 bridgehead atoms. The standard InChI is InChI=1S/C48H30N2O/c1-3-13-31(14-4-1)33-27-34(32-15-5-2-6-16-32)29-36(28-33)49(35-25-26-46-41(30-35)38-18-8-10-24-45(38)51-46)43-22-12-23-44-47(43)40-20-11-19-39-37-17-7-9-21-42(37)50(44)48(39)40/h1-30H. The Labute approximate surface area is 294 Å². The number of nitrogens with zero attached hydrogens (tertiary/aromatic N) is 2. The summed E-state index contributed by atoms with van der Waals surface area (Å²) < 4.78 is 8.77. The summed E-state index contributed by atoms with van der Waals surface area (Å²) in [6.45, 7) is 0. The first-order chi connectivity index (χ1) is 25.3. The predicted octanol–water partition coefficient (Wildman–Crippen LogP) is 13.5. The van der Waals surface area contributed by atoms with Gasteiger partial charge in [-0.3, -0.25) is 0 Å². The Morgan fingerprint density at radius 3 is 1.76 bits per heavy atom. The van der Waals surface area contributed by atoms with Crippen molar-refractivity contribution in [2.45, 2.75) is 0 Å². The van der Waals surface area contributed by atoms with E-state index in [0.29, 0.717) is 0 Å². The van der Waals surface area contributed by atoms with Crippen LogP contribution in [0.5, 0.6) is 0 Å². The number of rotatable bonds is 5. The van der Waals surface area contributed by atoms with Crippen LogP contribution in [-0.4, -0.2) is 4.40 Å². The highest BCUT2D eigenvalue weighted by Crippen LogP contribution is 2.48. The minimum atomic E-state index is 0.883. The molecule has 8 aromatic carbocycles. The summed E-state index contributed by atoms with van der Waals surface area (Å²) in [7, 11) is 0. The van der Waals surface area contributed by atoms with Gasteiger partial charge >= 0.3 is 0 Å². The first kappa shape index (κ1) is 28.0. The summed E-state index contributed by atoms with van der Waals surface area (Å²) in [6, 6.07) is 65.6. The fourth-order valence-corrected chi connectivity index (χ4v) is 8.26. The number of para-hydroxylation sites is 3. The van der Waals surface area contributed by atoms with Gasteiger partial charge in [-0.15, -0.1) is 0 Å². The van der Waals surface area contributed by atoms with E-state index < -0.39 is 0 Å². The Kier molecular flexibility index (Phi) is 5.96. The van der Waals surface area contributed by atoms with Crippen molar-refractivity contribution in [3.63, 3.8) is 0 Å². The Hall–Kier alpha value is -6.84. The highest BCUT2D eigenvalue weighted by atomic mass is 16.3. The largest absolute Gasteiger partial charge is 0.456 e. The summed E-state index contributed by atoms with van der Waals surface area (Å²) in [5.41, 5.74) is 13.4. The van der Waals surface area contributed by atoms with Gasteiger partial charge in [0.05, 0.1) is 22.2 Å². The molecule has 0 radical (unpaired) electrons. The number of hydrogen-bond acceptors (Lipinski definition) is 2. The van der Waals surface area contributed by atoms with Gasteiger partial charge in [0.1, 0.15) is 11.2 Å². The predicted molar refractivity (Wildman–Crippen MR) is 214 cm³/mol. The fourth-order valence-electron chi connectivity index (χ4n) is 8.26. The van der Waals surface area contributed by atoms with Crippen molar-refractivity contribution in [3.05, 3.63) is 182 Å². The number of aromatic nitrogens is 1. The van der Waals surface area contributed by atoms with Gasteiger partial charge in [-0.25, -0.2) is 0 Å². The van der Waals surface area contributed by atoms with Crippen LogP contribution in [0.4, 0.5) is 17.1 Å². The van der Waals surface area contributed by atoms with Crippen LogP contribution in [0.15, 0.2) is 186 Å². The fraction of sp³-hybridized carbons (Fsp3) is 0. The van der Waals surface area contributed by atoms with Crippen molar-refractivity contribution < 1.29 is 4.42 Å². The molecule has 3 heterocycles. The molecule has 0 amide bonds. The van der Waals surface area contributed by atoms with Crippen LogP contribution < -0.4 is 4.90 Å². The normalized spacial score (nSPS) is 11.9. The Balaban J connectivity index is 1.26. The maximum atomic E-state index is 6.32. The van der Waals surface area contributed by atoms with Crippen molar-refractivity contribution in [1.82, 2.24) is 4.40 Å². The summed E-state index contributed by atoms with van der Waals surface area (Å²) in [5, 5.41) is 7.25. The third kappa shape index (κ3) is 4.19. The molecule has 0 spiro atoms. The van der Waals surface area contributed by atoms with Crippen molar-refractivity contribution in [3.8, 4) is 22.3 Å². The molecule has 3 heteroatoms. The van der Waals surface area contributed by atoms with Gasteiger partial charge in [0.2, 0.25) is 0 Å². The average molecular weight is 651 g/mol. The topological polar surface area (TPSA) is 20.8 Å². The van der Waals surface area contributed by atoms with E-state index in [-0.39, 0.29) is 0 Å². The molecular weight excluding hydrogens is 621 g/mol. The molecule has 238 valence electrons. The zero-order valence-electron chi connectivity index (χ0n) is 27.6. The Bertz CT molecular complexity index is 3020. The third-order valence-electron chi connectivity index (χ3n) is 10.5. The molecule has 0 aliphatic heterocycles. The summed E-state index contributed by atoms with van der Waals surface area (Å²) >= 11 is 0. The lowest BCUT2D eigenvalue weighted by Crippen LogP contribution is -2.11. The van der Waals surface area contributed by atoms with Gasteiger partial charge in [-0.1, -0.05) is 121 Å². The van der Waals surface area contributed by atoms with E-state index in [2.05, 4.69) is 179 Å². The lowest BCUT2D eigenvalue weighted by Gasteiger charge is -2.28. The van der Waals surface area contributed by atoms with Gasteiger partial charge in [0.15, 0.2) is 0 Å². The number of hydrogen-bond donors (Lipinski definition) is 0. The third-order valence-corrected chi connectivity index (χ3v) is 10.5. The van der Waals surface area contributed by atoms with E-state index in [9.17, 15) is 0 Å². The first-order valence-electron chi connectivity index (χ1n) is 17.4. The second kappa shape index (κ2) is 10.8. The van der Waals surface area contributed by atoms with Crippen molar-refractivity contribution >= 4 is 77.1 Å². The molecular formula is C48H30N2O. The number of anilines is 3. The van der Waals surface area contributed by atoms with Crippen LogP contribution in [0.1, 0.15) is 0 Å². The van der Waals surface area contributed by atoms with E-state index >= 15 is 0 Å². The van der Waals surface area contributed by atoms with Crippen LogP contribution in [0.3, 0.4) is 0 Å². The van der Waals surface area contributed by atoms with E-state index in [1.807, 2.05) is 12.1 Å². The summed E-state index contributed by atoms with van der Waals surface area (Å²) in [5.74, 6) is 0. The zero-order chi connectivity index (χ0) is 33.5. The lowest BCUT2D eigenvalue weighted by atomic mass is 9.97. The van der Waals surface area contributed by atoms with Gasteiger partial charge in [-0.2, -0.15) is 0 Å². The molecule has 11 aromatic rings. The van der Waals surface area contributed by atoms with E-state index in [1.54, 1.807) is 0 Å². The molecule has 0 N–H and O–H groups in total. The number of furan rings is 1. The molecule has 0 aliphatic carbocycles. The molecule has 3 nitrogen and oxygen atoms in total. The second-order valence-corrected chi connectivity index (χ2v) is 13.3. The molecule has 0 fully saturated rings. The molecule has 0 saturated heterocycles. The van der Waals surface area contributed by atoms with E-state index in [0.717, 1.165) is 39.0 Å². The number of benzene rings is 8. The molecule has 0 unspecified atom stereocenters.